The van der Waals surface area contributed by atoms with Gasteiger partial charge in [0.25, 0.3) is 11.8 Å². The highest BCUT2D eigenvalue weighted by molar-refractivity contribution is 9.10. The van der Waals surface area contributed by atoms with Crippen molar-refractivity contribution in [1.29, 1.82) is 0 Å². The Labute approximate surface area is 146 Å². The van der Waals surface area contributed by atoms with Crippen LogP contribution in [-0.4, -0.2) is 24.9 Å². The minimum Gasteiger partial charge on any atom is -0.350 e. The van der Waals surface area contributed by atoms with Crippen molar-refractivity contribution in [3.63, 3.8) is 0 Å². The molecule has 2 N–H and O–H groups in total. The van der Waals surface area contributed by atoms with E-state index in [2.05, 4.69) is 26.6 Å². The summed E-state index contributed by atoms with van der Waals surface area (Å²) < 4.78 is 14.2. The quantitative estimate of drug-likeness (QED) is 0.757. The summed E-state index contributed by atoms with van der Waals surface area (Å²) in [5.41, 5.74) is 0.428. The zero-order valence-electron chi connectivity index (χ0n) is 11.9. The van der Waals surface area contributed by atoms with Gasteiger partial charge in [0, 0.05) is 28.1 Å². The molecule has 4 nitrogen and oxygen atoms in total. The Morgan fingerprint density at radius 2 is 1.61 bits per heavy atom. The minimum absolute atomic E-state index is 0.0442. The maximum Gasteiger partial charge on any atom is 0.254 e. The molecule has 0 atom stereocenters. The molecule has 2 aromatic rings. The third-order valence-electron chi connectivity index (χ3n) is 2.98. The van der Waals surface area contributed by atoms with E-state index in [4.69, 9.17) is 11.6 Å². The molecule has 2 rings (SSSR count). The molecule has 0 radical (unpaired) electrons. The van der Waals surface area contributed by atoms with Crippen molar-refractivity contribution < 1.29 is 14.0 Å². The van der Waals surface area contributed by atoms with E-state index in [-0.39, 0.29) is 24.6 Å². The Morgan fingerprint density at radius 3 is 2.22 bits per heavy atom. The first kappa shape index (κ1) is 17.4. The van der Waals surface area contributed by atoms with E-state index < -0.39 is 11.7 Å². The molecule has 2 aromatic carbocycles. The number of rotatable bonds is 5. The first-order valence-electron chi connectivity index (χ1n) is 6.74. The van der Waals surface area contributed by atoms with E-state index >= 15 is 0 Å². The molecule has 2 amide bonds. The molecular weight excluding hydrogens is 387 g/mol. The second-order valence-electron chi connectivity index (χ2n) is 4.64. The van der Waals surface area contributed by atoms with Crippen LogP contribution in [0, 0.1) is 5.82 Å². The Morgan fingerprint density at radius 1 is 1.00 bits per heavy atom. The molecule has 7 heteroatoms. The number of nitrogens with one attached hydrogen (secondary N) is 2. The lowest BCUT2D eigenvalue weighted by Gasteiger charge is -2.08. The van der Waals surface area contributed by atoms with E-state index in [0.29, 0.717) is 15.1 Å². The van der Waals surface area contributed by atoms with Gasteiger partial charge in [0.05, 0.1) is 5.56 Å². The summed E-state index contributed by atoms with van der Waals surface area (Å²) in [6.07, 6.45) is 0. The lowest BCUT2D eigenvalue weighted by Crippen LogP contribution is -2.35. The average molecular weight is 400 g/mol. The largest absolute Gasteiger partial charge is 0.350 e. The molecule has 0 aromatic heterocycles. The predicted molar refractivity (Wildman–Crippen MR) is 90.2 cm³/mol. The first-order valence-corrected chi connectivity index (χ1v) is 7.91. The van der Waals surface area contributed by atoms with Crippen molar-refractivity contribution in [2.45, 2.75) is 0 Å². The fourth-order valence-corrected chi connectivity index (χ4v) is 2.28. The van der Waals surface area contributed by atoms with E-state index in [1.165, 1.54) is 12.1 Å². The number of carbonyl (C=O) groups excluding carboxylic acids is 2. The number of carbonyl (C=O) groups is 2. The van der Waals surface area contributed by atoms with Crippen LogP contribution in [0.1, 0.15) is 20.7 Å². The number of halogens is 3. The number of hydrogen-bond donors (Lipinski definition) is 2. The highest BCUT2D eigenvalue weighted by atomic mass is 79.9. The third kappa shape index (κ3) is 5.04. The van der Waals surface area contributed by atoms with Gasteiger partial charge >= 0.3 is 0 Å². The molecule has 0 unspecified atom stereocenters. The second kappa shape index (κ2) is 8.08. The van der Waals surface area contributed by atoms with Crippen LogP contribution in [0.2, 0.25) is 5.02 Å². The van der Waals surface area contributed by atoms with Crippen LogP contribution in [0.25, 0.3) is 0 Å². The number of benzene rings is 2. The lowest BCUT2D eigenvalue weighted by molar-refractivity contribution is 0.0925. The molecule has 120 valence electrons. The maximum absolute atomic E-state index is 13.6. The van der Waals surface area contributed by atoms with Gasteiger partial charge in [-0.1, -0.05) is 27.5 Å². The van der Waals surface area contributed by atoms with E-state index in [1.807, 2.05) is 0 Å². The van der Waals surface area contributed by atoms with Gasteiger partial charge in [0.1, 0.15) is 5.82 Å². The van der Waals surface area contributed by atoms with Crippen molar-refractivity contribution in [3.8, 4) is 0 Å². The Hall–Kier alpha value is -1.92. The first-order chi connectivity index (χ1) is 11.0. The summed E-state index contributed by atoms with van der Waals surface area (Å²) in [7, 11) is 0. The van der Waals surface area contributed by atoms with Crippen molar-refractivity contribution in [2.75, 3.05) is 13.1 Å². The standard InChI is InChI=1S/C16H13BrClFN2O2/c17-11-3-6-13(14(19)9-11)16(23)21-8-7-20-15(22)10-1-4-12(18)5-2-10/h1-6,9H,7-8H2,(H,20,22)(H,21,23). The summed E-state index contributed by atoms with van der Waals surface area (Å²) in [6, 6.07) is 10.6. The summed E-state index contributed by atoms with van der Waals surface area (Å²) in [5, 5.41) is 5.74. The molecule has 0 aliphatic rings. The van der Waals surface area contributed by atoms with Gasteiger partial charge in [-0.05, 0) is 42.5 Å². The van der Waals surface area contributed by atoms with Crippen LogP contribution in [-0.2, 0) is 0 Å². The lowest BCUT2D eigenvalue weighted by atomic mass is 10.2. The smallest absolute Gasteiger partial charge is 0.254 e. The third-order valence-corrected chi connectivity index (χ3v) is 3.72. The molecule has 23 heavy (non-hydrogen) atoms. The van der Waals surface area contributed by atoms with Gasteiger partial charge in [-0.25, -0.2) is 4.39 Å². The van der Waals surface area contributed by atoms with Crippen LogP contribution in [0.3, 0.4) is 0 Å². The molecule has 0 bridgehead atoms. The van der Waals surface area contributed by atoms with E-state index in [9.17, 15) is 14.0 Å². The van der Waals surface area contributed by atoms with Crippen LogP contribution < -0.4 is 10.6 Å². The molecule has 0 heterocycles. The summed E-state index contributed by atoms with van der Waals surface area (Å²) in [5.74, 6) is -1.41. The maximum atomic E-state index is 13.6. The van der Waals surface area contributed by atoms with Gasteiger partial charge in [0.15, 0.2) is 0 Å². The zero-order chi connectivity index (χ0) is 16.8. The Kier molecular flexibility index (Phi) is 6.12. The molecule has 0 fully saturated rings. The topological polar surface area (TPSA) is 58.2 Å². The molecule has 0 aliphatic carbocycles. The molecule has 0 spiro atoms. The fraction of sp³-hybridized carbons (Fsp3) is 0.125. The summed E-state index contributed by atoms with van der Waals surface area (Å²) in [6.45, 7) is 0.416. The van der Waals surface area contributed by atoms with Gasteiger partial charge < -0.3 is 10.6 Å². The Balaban J connectivity index is 1.79. The predicted octanol–water partition coefficient (Wildman–Crippen LogP) is 3.40. The van der Waals surface area contributed by atoms with Crippen LogP contribution in [0.4, 0.5) is 4.39 Å². The normalized spacial score (nSPS) is 10.2. The number of amides is 2. The van der Waals surface area contributed by atoms with E-state index in [1.54, 1.807) is 30.3 Å². The molecule has 0 aliphatic heterocycles. The Bertz CT molecular complexity index is 723. The van der Waals surface area contributed by atoms with Gasteiger partial charge in [-0.2, -0.15) is 0 Å². The average Bonchev–Trinajstić information content (AvgIpc) is 2.51. The molecular formula is C16H13BrClFN2O2. The van der Waals surface area contributed by atoms with Crippen LogP contribution in [0.5, 0.6) is 0 Å². The minimum atomic E-state index is -0.609. The van der Waals surface area contributed by atoms with Gasteiger partial charge in [-0.3, -0.25) is 9.59 Å². The molecule has 0 saturated heterocycles. The zero-order valence-corrected chi connectivity index (χ0v) is 14.2. The van der Waals surface area contributed by atoms with Crippen molar-refractivity contribution in [3.05, 3.63) is 68.9 Å². The van der Waals surface area contributed by atoms with Gasteiger partial charge in [0.2, 0.25) is 0 Å². The highest BCUT2D eigenvalue weighted by Crippen LogP contribution is 2.15. The van der Waals surface area contributed by atoms with Crippen molar-refractivity contribution in [1.82, 2.24) is 10.6 Å². The monoisotopic (exact) mass is 398 g/mol. The van der Waals surface area contributed by atoms with Crippen molar-refractivity contribution in [2.24, 2.45) is 0 Å². The number of hydrogen-bond acceptors (Lipinski definition) is 2. The summed E-state index contributed by atoms with van der Waals surface area (Å²) >= 11 is 8.87. The SMILES string of the molecule is O=C(NCCNC(=O)c1ccc(Br)cc1F)c1ccc(Cl)cc1. The fourth-order valence-electron chi connectivity index (χ4n) is 1.82. The van der Waals surface area contributed by atoms with Gasteiger partial charge in [-0.15, -0.1) is 0 Å². The van der Waals surface area contributed by atoms with Crippen LogP contribution in [0.15, 0.2) is 46.9 Å². The van der Waals surface area contributed by atoms with Crippen molar-refractivity contribution >= 4 is 39.3 Å². The van der Waals surface area contributed by atoms with Crippen LogP contribution >= 0.6 is 27.5 Å². The summed E-state index contributed by atoms with van der Waals surface area (Å²) in [4.78, 5) is 23.7. The molecule has 0 saturated carbocycles. The second-order valence-corrected chi connectivity index (χ2v) is 5.99. The highest BCUT2D eigenvalue weighted by Gasteiger charge is 2.11. The van der Waals surface area contributed by atoms with E-state index in [0.717, 1.165) is 0 Å².